The third kappa shape index (κ3) is 4.92. The minimum absolute atomic E-state index is 0.324. The molecule has 0 amide bonds. The molecule has 2 fully saturated rings. The van der Waals surface area contributed by atoms with Gasteiger partial charge in [-0.05, 0) is 41.5 Å². The lowest BCUT2D eigenvalue weighted by Crippen LogP contribution is -2.58. The third-order valence-electron chi connectivity index (χ3n) is 5.04. The zero-order valence-electron chi connectivity index (χ0n) is 15.2. The van der Waals surface area contributed by atoms with Gasteiger partial charge in [-0.1, -0.05) is 0 Å². The number of nitrogens with zero attached hydrogens (tertiary/aromatic N) is 4. The van der Waals surface area contributed by atoms with Gasteiger partial charge in [-0.3, -0.25) is 19.6 Å². The average molecular weight is 297 g/mol. The zero-order valence-corrected chi connectivity index (χ0v) is 15.2. The molecule has 0 aromatic rings. The van der Waals surface area contributed by atoms with Gasteiger partial charge in [0.15, 0.2) is 0 Å². The number of hydrogen-bond donors (Lipinski definition) is 0. The summed E-state index contributed by atoms with van der Waals surface area (Å²) in [5, 5.41) is 0. The number of hydrogen-bond acceptors (Lipinski definition) is 4. The fourth-order valence-electron chi connectivity index (χ4n) is 3.40. The second-order valence-electron chi connectivity index (χ2n) is 8.69. The smallest absolute Gasteiger partial charge is 0.0508 e. The number of rotatable bonds is 2. The lowest BCUT2D eigenvalue weighted by atomic mass is 10.0. The van der Waals surface area contributed by atoms with Gasteiger partial charge in [0.05, 0.1) is 6.67 Å². The summed E-state index contributed by atoms with van der Waals surface area (Å²) in [6.07, 6.45) is 0. The normalized spacial score (nSPS) is 25.4. The molecule has 2 rings (SSSR count). The van der Waals surface area contributed by atoms with E-state index < -0.39 is 0 Å². The van der Waals surface area contributed by atoms with Gasteiger partial charge < -0.3 is 0 Å². The molecule has 0 aliphatic carbocycles. The van der Waals surface area contributed by atoms with Gasteiger partial charge >= 0.3 is 0 Å². The summed E-state index contributed by atoms with van der Waals surface area (Å²) < 4.78 is 0. The molecule has 2 heterocycles. The molecule has 0 spiro atoms. The lowest BCUT2D eigenvalue weighted by molar-refractivity contribution is 0.00445. The average Bonchev–Trinajstić information content (AvgIpc) is 2.38. The minimum atomic E-state index is 0.324. The fourth-order valence-corrected chi connectivity index (χ4v) is 3.40. The first-order chi connectivity index (χ1) is 9.66. The topological polar surface area (TPSA) is 13.0 Å². The van der Waals surface area contributed by atoms with Crippen LogP contribution in [0.1, 0.15) is 41.5 Å². The summed E-state index contributed by atoms with van der Waals surface area (Å²) in [6, 6.07) is 0. The lowest BCUT2D eigenvalue weighted by Gasteiger charge is -2.46. The maximum absolute atomic E-state index is 2.63. The van der Waals surface area contributed by atoms with E-state index in [2.05, 4.69) is 61.1 Å². The Morgan fingerprint density at radius 2 is 0.810 bits per heavy atom. The van der Waals surface area contributed by atoms with Crippen molar-refractivity contribution in [1.82, 2.24) is 19.6 Å². The minimum Gasteiger partial charge on any atom is -0.296 e. The van der Waals surface area contributed by atoms with Gasteiger partial charge in [0, 0.05) is 63.4 Å². The maximum Gasteiger partial charge on any atom is 0.0508 e. The van der Waals surface area contributed by atoms with Gasteiger partial charge in [0.1, 0.15) is 0 Å². The van der Waals surface area contributed by atoms with Crippen molar-refractivity contribution in [3.05, 3.63) is 0 Å². The molecule has 0 bridgehead atoms. The molecular weight excluding hydrogens is 260 g/mol. The standard InChI is InChI=1S/C17H36N4/c1-16(2,3)20-11-7-18(8-12-20)15-19-9-13-21(14-10-19)17(4,5)6/h7-15H2,1-6H3. The second-order valence-corrected chi connectivity index (χ2v) is 8.69. The third-order valence-corrected chi connectivity index (χ3v) is 5.04. The molecule has 2 aliphatic heterocycles. The van der Waals surface area contributed by atoms with Gasteiger partial charge in [-0.25, -0.2) is 0 Å². The van der Waals surface area contributed by atoms with Crippen molar-refractivity contribution in [1.29, 1.82) is 0 Å². The van der Waals surface area contributed by atoms with E-state index in [0.717, 1.165) is 6.67 Å². The first-order valence-corrected chi connectivity index (χ1v) is 8.61. The van der Waals surface area contributed by atoms with Crippen LogP contribution >= 0.6 is 0 Å². The highest BCUT2D eigenvalue weighted by Gasteiger charge is 2.29. The highest BCUT2D eigenvalue weighted by atomic mass is 15.4. The van der Waals surface area contributed by atoms with Crippen molar-refractivity contribution < 1.29 is 0 Å². The van der Waals surface area contributed by atoms with Gasteiger partial charge in [0.2, 0.25) is 0 Å². The van der Waals surface area contributed by atoms with E-state index in [4.69, 9.17) is 0 Å². The van der Waals surface area contributed by atoms with E-state index in [9.17, 15) is 0 Å². The van der Waals surface area contributed by atoms with E-state index in [1.54, 1.807) is 0 Å². The molecule has 124 valence electrons. The zero-order chi connectivity index (χ0) is 15.7. The molecule has 0 N–H and O–H groups in total. The molecule has 0 saturated carbocycles. The Morgan fingerprint density at radius 3 is 1.05 bits per heavy atom. The molecular formula is C17H36N4. The Kier molecular flexibility index (Phi) is 5.35. The molecule has 4 heteroatoms. The van der Waals surface area contributed by atoms with E-state index >= 15 is 0 Å². The molecule has 4 nitrogen and oxygen atoms in total. The van der Waals surface area contributed by atoms with Crippen LogP contribution in [0.25, 0.3) is 0 Å². The van der Waals surface area contributed by atoms with Crippen molar-refractivity contribution in [3.8, 4) is 0 Å². The Bertz CT molecular complexity index is 281. The Labute approximate surface area is 132 Å². The summed E-state index contributed by atoms with van der Waals surface area (Å²) in [5.74, 6) is 0. The molecule has 2 saturated heterocycles. The first kappa shape index (κ1) is 17.2. The van der Waals surface area contributed by atoms with Gasteiger partial charge in [0.25, 0.3) is 0 Å². The predicted molar refractivity (Wildman–Crippen MR) is 90.7 cm³/mol. The van der Waals surface area contributed by atoms with Crippen molar-refractivity contribution in [2.24, 2.45) is 0 Å². The molecule has 0 aromatic carbocycles. The second kappa shape index (κ2) is 6.53. The van der Waals surface area contributed by atoms with Gasteiger partial charge in [-0.2, -0.15) is 0 Å². The van der Waals surface area contributed by atoms with Crippen LogP contribution in [0.2, 0.25) is 0 Å². The Morgan fingerprint density at radius 1 is 0.524 bits per heavy atom. The van der Waals surface area contributed by atoms with Gasteiger partial charge in [-0.15, -0.1) is 0 Å². The van der Waals surface area contributed by atoms with Crippen LogP contribution in [0, 0.1) is 0 Å². The molecule has 0 atom stereocenters. The molecule has 0 aromatic heterocycles. The van der Waals surface area contributed by atoms with Crippen molar-refractivity contribution in [3.63, 3.8) is 0 Å². The van der Waals surface area contributed by atoms with E-state index in [-0.39, 0.29) is 0 Å². The Balaban J connectivity index is 1.71. The largest absolute Gasteiger partial charge is 0.296 e. The Hall–Kier alpha value is -0.160. The molecule has 21 heavy (non-hydrogen) atoms. The van der Waals surface area contributed by atoms with Crippen molar-refractivity contribution in [2.45, 2.75) is 52.6 Å². The van der Waals surface area contributed by atoms with Crippen LogP contribution in [0.5, 0.6) is 0 Å². The highest BCUT2D eigenvalue weighted by Crippen LogP contribution is 2.18. The van der Waals surface area contributed by atoms with Crippen LogP contribution in [-0.4, -0.2) is 89.7 Å². The summed E-state index contributed by atoms with van der Waals surface area (Å²) in [6.45, 7) is 24.9. The quantitative estimate of drug-likeness (QED) is 0.770. The van der Waals surface area contributed by atoms with Crippen molar-refractivity contribution >= 4 is 0 Å². The maximum atomic E-state index is 2.63. The van der Waals surface area contributed by atoms with Crippen LogP contribution in [-0.2, 0) is 0 Å². The van der Waals surface area contributed by atoms with Crippen LogP contribution in [0.4, 0.5) is 0 Å². The van der Waals surface area contributed by atoms with Crippen molar-refractivity contribution in [2.75, 3.05) is 59.0 Å². The summed E-state index contributed by atoms with van der Waals surface area (Å²) in [5.41, 5.74) is 0.648. The fraction of sp³-hybridized carbons (Fsp3) is 1.00. The predicted octanol–water partition coefficient (Wildman–Crippen LogP) is 1.78. The van der Waals surface area contributed by atoms with E-state index in [0.29, 0.717) is 11.1 Å². The summed E-state index contributed by atoms with van der Waals surface area (Å²) >= 11 is 0. The summed E-state index contributed by atoms with van der Waals surface area (Å²) in [7, 11) is 0. The molecule has 2 aliphatic rings. The van der Waals surface area contributed by atoms with Crippen LogP contribution in [0.3, 0.4) is 0 Å². The first-order valence-electron chi connectivity index (χ1n) is 8.61. The molecule has 0 radical (unpaired) electrons. The number of piperazine rings is 2. The molecule has 0 unspecified atom stereocenters. The van der Waals surface area contributed by atoms with E-state index in [1.165, 1.54) is 52.4 Å². The van der Waals surface area contributed by atoms with E-state index in [1.807, 2.05) is 0 Å². The summed E-state index contributed by atoms with van der Waals surface area (Å²) in [4.78, 5) is 10.5. The highest BCUT2D eigenvalue weighted by molar-refractivity contribution is 4.84. The SMILES string of the molecule is CC(C)(C)N1CCN(CN2CCN(C(C)(C)C)CC2)CC1. The van der Waals surface area contributed by atoms with Crippen LogP contribution < -0.4 is 0 Å². The monoisotopic (exact) mass is 296 g/mol. The van der Waals surface area contributed by atoms with Crippen LogP contribution in [0.15, 0.2) is 0 Å².